The largest absolute Gasteiger partial charge is 0.478 e. The van der Waals surface area contributed by atoms with Crippen LogP contribution in [0.1, 0.15) is 15.9 Å². The van der Waals surface area contributed by atoms with Gasteiger partial charge in [0.2, 0.25) is 0 Å². The summed E-state index contributed by atoms with van der Waals surface area (Å²) >= 11 is 0. The van der Waals surface area contributed by atoms with Crippen LogP contribution in [-0.2, 0) is 16.1 Å². The van der Waals surface area contributed by atoms with Crippen LogP contribution < -0.4 is 0 Å². The van der Waals surface area contributed by atoms with Gasteiger partial charge in [-0.15, -0.1) is 0 Å². The lowest BCUT2D eigenvalue weighted by Crippen LogP contribution is -2.52. The molecule has 6 nitrogen and oxygen atoms in total. The Hall–Kier alpha value is -2.37. The Bertz CT molecular complexity index is 541. The molecule has 0 atom stereocenters. The van der Waals surface area contributed by atoms with E-state index in [1.807, 2.05) is 0 Å². The number of nitrogens with zero attached hydrogens (tertiary/aromatic N) is 2. The summed E-state index contributed by atoms with van der Waals surface area (Å²) < 4.78 is 0. The van der Waals surface area contributed by atoms with Gasteiger partial charge in [-0.2, -0.15) is 0 Å². The molecule has 0 bridgehead atoms. The normalized spacial score (nSPS) is 15.8. The Morgan fingerprint density at radius 2 is 2.00 bits per heavy atom. The molecule has 1 aromatic rings. The fraction of sp³-hybridized carbons (Fsp3) is 0.308. The lowest BCUT2D eigenvalue weighted by Gasteiger charge is -2.31. The van der Waals surface area contributed by atoms with E-state index in [2.05, 4.69) is 0 Å². The number of hydrogen-bond acceptors (Lipinski definition) is 3. The zero-order valence-corrected chi connectivity index (χ0v) is 10.5. The molecule has 100 valence electrons. The number of hydrogen-bond donors (Lipinski definition) is 1. The summed E-state index contributed by atoms with van der Waals surface area (Å²) in [6, 6.07) is 6.37. The van der Waals surface area contributed by atoms with Gasteiger partial charge in [0.05, 0.1) is 5.56 Å². The molecular weight excluding hydrogens is 248 g/mol. The van der Waals surface area contributed by atoms with Crippen LogP contribution >= 0.6 is 0 Å². The van der Waals surface area contributed by atoms with Gasteiger partial charge in [-0.05, 0) is 17.7 Å². The maximum atomic E-state index is 11.8. The summed E-state index contributed by atoms with van der Waals surface area (Å²) in [4.78, 5) is 37.0. The number of aromatic carboxylic acids is 1. The highest BCUT2D eigenvalue weighted by atomic mass is 16.4. The Morgan fingerprint density at radius 3 is 2.68 bits per heavy atom. The second-order valence-electron chi connectivity index (χ2n) is 4.46. The molecule has 2 rings (SSSR count). The Labute approximate surface area is 110 Å². The van der Waals surface area contributed by atoms with Crippen molar-refractivity contribution in [3.8, 4) is 0 Å². The van der Waals surface area contributed by atoms with E-state index < -0.39 is 17.8 Å². The molecule has 0 aliphatic carbocycles. The molecule has 1 aromatic carbocycles. The number of carboxylic acid groups (broad SMARTS) is 1. The molecule has 0 radical (unpaired) electrons. The third-order valence-electron chi connectivity index (χ3n) is 3.07. The molecule has 1 aliphatic rings. The van der Waals surface area contributed by atoms with Crippen molar-refractivity contribution in [3.05, 3.63) is 35.4 Å². The lowest BCUT2D eigenvalue weighted by atomic mass is 10.1. The summed E-state index contributed by atoms with van der Waals surface area (Å²) in [5.41, 5.74) is 0.871. The average molecular weight is 262 g/mol. The van der Waals surface area contributed by atoms with E-state index in [4.69, 9.17) is 5.11 Å². The number of benzene rings is 1. The van der Waals surface area contributed by atoms with Crippen molar-refractivity contribution in [1.29, 1.82) is 0 Å². The van der Waals surface area contributed by atoms with E-state index in [0.29, 0.717) is 18.7 Å². The van der Waals surface area contributed by atoms with Crippen molar-refractivity contribution in [2.24, 2.45) is 0 Å². The van der Waals surface area contributed by atoms with Gasteiger partial charge in [-0.1, -0.05) is 12.1 Å². The first-order chi connectivity index (χ1) is 8.99. The van der Waals surface area contributed by atoms with Gasteiger partial charge < -0.3 is 14.9 Å². The van der Waals surface area contributed by atoms with Crippen LogP contribution in [-0.4, -0.2) is 52.8 Å². The second-order valence-corrected chi connectivity index (χ2v) is 4.46. The first-order valence-corrected chi connectivity index (χ1v) is 5.85. The monoisotopic (exact) mass is 262 g/mol. The van der Waals surface area contributed by atoms with Crippen LogP contribution in [0.4, 0.5) is 0 Å². The fourth-order valence-electron chi connectivity index (χ4n) is 1.95. The number of carbonyl (C=O) groups is 3. The third-order valence-corrected chi connectivity index (χ3v) is 3.07. The van der Waals surface area contributed by atoms with Gasteiger partial charge in [0.15, 0.2) is 0 Å². The number of likely N-dealkylation sites (N-methyl/N-ethyl adjacent to an activating group) is 1. The quantitative estimate of drug-likeness (QED) is 0.788. The van der Waals surface area contributed by atoms with Crippen molar-refractivity contribution in [2.75, 3.05) is 20.1 Å². The number of piperazine rings is 1. The minimum Gasteiger partial charge on any atom is -0.478 e. The number of carbonyl (C=O) groups excluding carboxylic acids is 2. The van der Waals surface area contributed by atoms with E-state index in [1.54, 1.807) is 19.2 Å². The maximum absolute atomic E-state index is 11.8. The van der Waals surface area contributed by atoms with Crippen molar-refractivity contribution < 1.29 is 19.5 Å². The highest BCUT2D eigenvalue weighted by Gasteiger charge is 2.30. The Kier molecular flexibility index (Phi) is 3.50. The Balaban J connectivity index is 2.13. The zero-order valence-electron chi connectivity index (χ0n) is 10.5. The molecule has 0 spiro atoms. The van der Waals surface area contributed by atoms with Gasteiger partial charge in [0, 0.05) is 26.7 Å². The molecule has 0 aromatic heterocycles. The van der Waals surface area contributed by atoms with Crippen LogP contribution in [0.5, 0.6) is 0 Å². The van der Waals surface area contributed by atoms with E-state index in [1.165, 1.54) is 21.9 Å². The predicted octanol–water partition coefficient (Wildman–Crippen LogP) is 0.185. The first-order valence-electron chi connectivity index (χ1n) is 5.85. The molecule has 19 heavy (non-hydrogen) atoms. The second kappa shape index (κ2) is 5.09. The molecule has 1 aliphatic heterocycles. The molecule has 0 unspecified atom stereocenters. The van der Waals surface area contributed by atoms with Crippen molar-refractivity contribution >= 4 is 17.8 Å². The van der Waals surface area contributed by atoms with Gasteiger partial charge in [0.1, 0.15) is 0 Å². The molecule has 1 saturated heterocycles. The number of carboxylic acids is 1. The van der Waals surface area contributed by atoms with Crippen molar-refractivity contribution in [3.63, 3.8) is 0 Å². The fourth-order valence-corrected chi connectivity index (χ4v) is 1.95. The minimum absolute atomic E-state index is 0.172. The summed E-state index contributed by atoms with van der Waals surface area (Å²) in [6.07, 6.45) is 0. The Morgan fingerprint density at radius 1 is 1.26 bits per heavy atom. The van der Waals surface area contributed by atoms with E-state index in [-0.39, 0.29) is 12.1 Å². The van der Waals surface area contributed by atoms with Crippen LogP contribution in [0.3, 0.4) is 0 Å². The standard InChI is InChI=1S/C13H14N2O4/c1-14-5-6-15(12(17)11(14)16)8-9-3-2-4-10(7-9)13(18)19/h2-4,7H,5-6,8H2,1H3,(H,18,19). The van der Waals surface area contributed by atoms with E-state index in [0.717, 1.165) is 0 Å². The SMILES string of the molecule is CN1CCN(Cc2cccc(C(=O)O)c2)C(=O)C1=O. The van der Waals surface area contributed by atoms with Crippen LogP contribution in [0.15, 0.2) is 24.3 Å². The smallest absolute Gasteiger partial charge is 0.335 e. The lowest BCUT2D eigenvalue weighted by molar-refractivity contribution is -0.155. The molecule has 2 amide bonds. The summed E-state index contributed by atoms with van der Waals surface area (Å²) in [6.45, 7) is 1.20. The van der Waals surface area contributed by atoms with Gasteiger partial charge in [-0.25, -0.2) is 4.79 Å². The van der Waals surface area contributed by atoms with Crippen molar-refractivity contribution in [2.45, 2.75) is 6.54 Å². The molecule has 1 N–H and O–H groups in total. The molecule has 6 heteroatoms. The highest BCUT2D eigenvalue weighted by Crippen LogP contribution is 2.11. The third kappa shape index (κ3) is 2.73. The summed E-state index contributed by atoms with van der Waals surface area (Å²) in [5.74, 6) is -2.09. The highest BCUT2D eigenvalue weighted by molar-refractivity contribution is 6.35. The zero-order chi connectivity index (χ0) is 14.0. The number of rotatable bonds is 3. The average Bonchev–Trinajstić information content (AvgIpc) is 2.40. The molecule has 1 heterocycles. The predicted molar refractivity (Wildman–Crippen MR) is 66.5 cm³/mol. The van der Waals surface area contributed by atoms with Gasteiger partial charge in [-0.3, -0.25) is 9.59 Å². The van der Waals surface area contributed by atoms with Gasteiger partial charge >= 0.3 is 17.8 Å². The maximum Gasteiger partial charge on any atom is 0.335 e. The molecule has 1 fully saturated rings. The molecule has 0 saturated carbocycles. The van der Waals surface area contributed by atoms with Crippen molar-refractivity contribution in [1.82, 2.24) is 9.80 Å². The molecular formula is C13H14N2O4. The first kappa shape index (κ1) is 13.1. The van der Waals surface area contributed by atoms with E-state index in [9.17, 15) is 14.4 Å². The minimum atomic E-state index is -1.01. The van der Waals surface area contributed by atoms with Crippen LogP contribution in [0.25, 0.3) is 0 Å². The van der Waals surface area contributed by atoms with Crippen LogP contribution in [0, 0.1) is 0 Å². The summed E-state index contributed by atoms with van der Waals surface area (Å²) in [5, 5.41) is 8.90. The summed E-state index contributed by atoms with van der Waals surface area (Å²) in [7, 11) is 1.59. The number of amides is 2. The van der Waals surface area contributed by atoms with Crippen LogP contribution in [0.2, 0.25) is 0 Å². The van der Waals surface area contributed by atoms with Gasteiger partial charge in [0.25, 0.3) is 0 Å². The van der Waals surface area contributed by atoms with E-state index >= 15 is 0 Å². The topological polar surface area (TPSA) is 77.9 Å².